The lowest BCUT2D eigenvalue weighted by Crippen LogP contribution is -2.45. The Hall–Kier alpha value is -1.81. The van der Waals surface area contributed by atoms with Gasteiger partial charge in [-0.2, -0.15) is 0 Å². The van der Waals surface area contributed by atoms with Crippen molar-refractivity contribution in [2.45, 2.75) is 49.8 Å². The molecular formula is C19H25F3N2O4S. The minimum absolute atomic E-state index is 0.0475. The Labute approximate surface area is 168 Å². The lowest BCUT2D eigenvalue weighted by Gasteiger charge is -2.41. The summed E-state index contributed by atoms with van der Waals surface area (Å²) in [6.07, 6.45) is 1.07. The molecule has 2 aliphatic rings. The number of piperidine rings is 1. The fourth-order valence-corrected chi connectivity index (χ4v) is 5.21. The summed E-state index contributed by atoms with van der Waals surface area (Å²) in [4.78, 5) is 14.1. The van der Waals surface area contributed by atoms with Gasteiger partial charge in [0.25, 0.3) is 0 Å². The zero-order valence-electron chi connectivity index (χ0n) is 16.0. The second-order valence-corrected chi connectivity index (χ2v) is 9.37. The summed E-state index contributed by atoms with van der Waals surface area (Å²) in [6, 6.07) is 3.92. The Morgan fingerprint density at radius 1 is 1.10 bits per heavy atom. The summed E-state index contributed by atoms with van der Waals surface area (Å²) in [5, 5.41) is 0. The highest BCUT2D eigenvalue weighted by Gasteiger charge is 2.33. The molecule has 3 rings (SSSR count). The van der Waals surface area contributed by atoms with Gasteiger partial charge in [0.1, 0.15) is 5.75 Å². The van der Waals surface area contributed by atoms with Crippen molar-refractivity contribution in [3.63, 3.8) is 0 Å². The van der Waals surface area contributed by atoms with Crippen molar-refractivity contribution < 1.29 is 31.1 Å². The molecule has 1 N–H and O–H groups in total. The van der Waals surface area contributed by atoms with E-state index in [9.17, 15) is 26.4 Å². The van der Waals surface area contributed by atoms with Crippen LogP contribution in [0.2, 0.25) is 0 Å². The number of halogens is 3. The fourth-order valence-electron chi connectivity index (χ4n) is 4.18. The predicted octanol–water partition coefficient (Wildman–Crippen LogP) is 3.29. The molecule has 1 amide bonds. The second-order valence-electron chi connectivity index (χ2n) is 7.60. The molecule has 0 spiro atoms. The molecule has 29 heavy (non-hydrogen) atoms. The van der Waals surface area contributed by atoms with Gasteiger partial charge in [0.15, 0.2) is 0 Å². The van der Waals surface area contributed by atoms with Crippen molar-refractivity contribution in [2.75, 3.05) is 19.6 Å². The van der Waals surface area contributed by atoms with Gasteiger partial charge in [-0.3, -0.25) is 4.79 Å². The van der Waals surface area contributed by atoms with E-state index in [2.05, 4.69) is 9.46 Å². The number of fused-ring (bicyclic) bond motifs is 1. The van der Waals surface area contributed by atoms with E-state index in [0.29, 0.717) is 18.4 Å². The van der Waals surface area contributed by atoms with Gasteiger partial charge in [0.05, 0.1) is 4.90 Å². The van der Waals surface area contributed by atoms with E-state index in [0.717, 1.165) is 43.7 Å². The van der Waals surface area contributed by atoms with E-state index < -0.39 is 22.1 Å². The number of hydrogen-bond donors (Lipinski definition) is 1. The van der Waals surface area contributed by atoms with E-state index in [1.54, 1.807) is 0 Å². The van der Waals surface area contributed by atoms with E-state index >= 15 is 0 Å². The molecule has 1 aromatic rings. The molecule has 1 saturated carbocycles. The molecule has 2 atom stereocenters. The number of ether oxygens (including phenoxy) is 1. The van der Waals surface area contributed by atoms with E-state index in [-0.39, 0.29) is 23.8 Å². The molecule has 0 unspecified atom stereocenters. The van der Waals surface area contributed by atoms with Crippen molar-refractivity contribution in [2.24, 2.45) is 11.8 Å². The zero-order chi connectivity index (χ0) is 21.1. The van der Waals surface area contributed by atoms with Gasteiger partial charge in [-0.1, -0.05) is 19.3 Å². The lowest BCUT2D eigenvalue weighted by molar-refractivity contribution is -0.274. The molecule has 6 nitrogen and oxygen atoms in total. The van der Waals surface area contributed by atoms with Crippen molar-refractivity contribution in [3.05, 3.63) is 24.3 Å². The third-order valence-electron chi connectivity index (χ3n) is 5.64. The van der Waals surface area contributed by atoms with Gasteiger partial charge >= 0.3 is 6.36 Å². The molecule has 0 radical (unpaired) electrons. The normalized spacial score (nSPS) is 22.8. The number of nitrogens with one attached hydrogen (secondary N) is 1. The smallest absolute Gasteiger partial charge is 0.406 e. The summed E-state index contributed by atoms with van der Waals surface area (Å²) >= 11 is 0. The SMILES string of the molecule is O=C(CCNS(=O)(=O)c1ccc(OC(F)(F)F)cc1)N1CC[C@@H]2CCCC[C@@H]2C1. The largest absolute Gasteiger partial charge is 0.573 e. The third kappa shape index (κ3) is 6.08. The molecule has 162 valence electrons. The third-order valence-corrected chi connectivity index (χ3v) is 7.12. The molecule has 1 aliphatic carbocycles. The summed E-state index contributed by atoms with van der Waals surface area (Å²) in [6.45, 7) is 1.40. The first-order chi connectivity index (χ1) is 13.6. The van der Waals surface area contributed by atoms with Crippen LogP contribution in [0.1, 0.15) is 38.5 Å². The molecule has 1 aliphatic heterocycles. The molecule has 0 bridgehead atoms. The number of carbonyl (C=O) groups excluding carboxylic acids is 1. The van der Waals surface area contributed by atoms with Crippen LogP contribution in [-0.2, 0) is 14.8 Å². The van der Waals surface area contributed by atoms with Crippen LogP contribution in [-0.4, -0.2) is 45.2 Å². The van der Waals surface area contributed by atoms with Gasteiger partial charge in [0, 0.05) is 26.1 Å². The van der Waals surface area contributed by atoms with Gasteiger partial charge in [-0.15, -0.1) is 13.2 Å². The highest BCUT2D eigenvalue weighted by atomic mass is 32.2. The van der Waals surface area contributed by atoms with Crippen LogP contribution in [0.15, 0.2) is 29.2 Å². The quantitative estimate of drug-likeness (QED) is 0.746. The Bertz CT molecular complexity index is 812. The van der Waals surface area contributed by atoms with Crippen LogP contribution < -0.4 is 9.46 Å². The molecule has 1 saturated heterocycles. The van der Waals surface area contributed by atoms with Crippen LogP contribution in [0.4, 0.5) is 13.2 Å². The number of amides is 1. The van der Waals surface area contributed by atoms with Gasteiger partial charge in [-0.05, 0) is 48.9 Å². The van der Waals surface area contributed by atoms with Crippen LogP contribution in [0.5, 0.6) is 5.75 Å². The second kappa shape index (κ2) is 8.91. The predicted molar refractivity (Wildman–Crippen MR) is 99.6 cm³/mol. The van der Waals surface area contributed by atoms with Crippen molar-refractivity contribution in [1.29, 1.82) is 0 Å². The van der Waals surface area contributed by atoms with Gasteiger partial charge in [0.2, 0.25) is 15.9 Å². The molecule has 0 aromatic heterocycles. The summed E-state index contributed by atoms with van der Waals surface area (Å²) in [5.74, 6) is 0.676. The Morgan fingerprint density at radius 3 is 2.41 bits per heavy atom. The first-order valence-electron chi connectivity index (χ1n) is 9.77. The monoisotopic (exact) mass is 434 g/mol. The van der Waals surface area contributed by atoms with E-state index in [1.165, 1.54) is 19.3 Å². The standard InChI is InChI=1S/C19H25F3N2O4S/c20-19(21,22)28-16-5-7-17(8-6-16)29(26,27)23-11-9-18(25)24-12-10-14-3-1-2-4-15(14)13-24/h5-8,14-15,23H,1-4,9-13H2/t14-,15+/m0/s1. The van der Waals surface area contributed by atoms with Gasteiger partial charge < -0.3 is 9.64 Å². The van der Waals surface area contributed by atoms with Crippen LogP contribution in [0.25, 0.3) is 0 Å². The number of carbonyl (C=O) groups is 1. The Kier molecular flexibility index (Phi) is 6.72. The number of rotatable bonds is 6. The van der Waals surface area contributed by atoms with Crippen LogP contribution >= 0.6 is 0 Å². The highest BCUT2D eigenvalue weighted by Crippen LogP contribution is 2.36. The Morgan fingerprint density at radius 2 is 1.76 bits per heavy atom. The zero-order valence-corrected chi connectivity index (χ0v) is 16.8. The maximum Gasteiger partial charge on any atom is 0.573 e. The average molecular weight is 434 g/mol. The number of hydrogen-bond acceptors (Lipinski definition) is 4. The van der Waals surface area contributed by atoms with Crippen molar-refractivity contribution >= 4 is 15.9 Å². The molecule has 1 aromatic carbocycles. The van der Waals surface area contributed by atoms with Crippen LogP contribution in [0.3, 0.4) is 0 Å². The molecular weight excluding hydrogens is 409 g/mol. The fraction of sp³-hybridized carbons (Fsp3) is 0.632. The maximum atomic E-state index is 12.4. The molecule has 1 heterocycles. The number of sulfonamides is 1. The number of alkyl halides is 3. The molecule has 2 fully saturated rings. The van der Waals surface area contributed by atoms with Crippen molar-refractivity contribution in [3.8, 4) is 5.75 Å². The maximum absolute atomic E-state index is 12.4. The highest BCUT2D eigenvalue weighted by molar-refractivity contribution is 7.89. The minimum atomic E-state index is -4.84. The molecule has 10 heteroatoms. The van der Waals surface area contributed by atoms with Crippen LogP contribution in [0, 0.1) is 11.8 Å². The minimum Gasteiger partial charge on any atom is -0.406 e. The number of nitrogens with zero attached hydrogens (tertiary/aromatic N) is 1. The first kappa shape index (κ1) is 21.9. The van der Waals surface area contributed by atoms with E-state index in [1.807, 2.05) is 4.90 Å². The average Bonchev–Trinajstić information content (AvgIpc) is 2.66. The van der Waals surface area contributed by atoms with Gasteiger partial charge in [-0.25, -0.2) is 13.1 Å². The summed E-state index contributed by atoms with van der Waals surface area (Å²) in [5.41, 5.74) is 0. The number of likely N-dealkylation sites (tertiary alicyclic amines) is 1. The summed E-state index contributed by atoms with van der Waals surface area (Å²) < 4.78 is 67.1. The summed E-state index contributed by atoms with van der Waals surface area (Å²) in [7, 11) is -3.92. The van der Waals surface area contributed by atoms with E-state index in [4.69, 9.17) is 0 Å². The topological polar surface area (TPSA) is 75.7 Å². The number of benzene rings is 1. The first-order valence-corrected chi connectivity index (χ1v) is 11.3. The van der Waals surface area contributed by atoms with Crippen molar-refractivity contribution in [1.82, 2.24) is 9.62 Å². The Balaban J connectivity index is 1.48. The lowest BCUT2D eigenvalue weighted by atomic mass is 9.75.